The predicted octanol–water partition coefficient (Wildman–Crippen LogP) is 4.23. The van der Waals surface area contributed by atoms with Crippen LogP contribution in [0.1, 0.15) is 28.4 Å². The van der Waals surface area contributed by atoms with Gasteiger partial charge in [-0.1, -0.05) is 37.3 Å². The van der Waals surface area contributed by atoms with Gasteiger partial charge >= 0.3 is 5.97 Å². The van der Waals surface area contributed by atoms with Crippen LogP contribution in [-0.4, -0.2) is 11.1 Å². The van der Waals surface area contributed by atoms with Crippen molar-refractivity contribution in [2.24, 2.45) is 10.2 Å². The standard InChI is InChI=1S/C16H16N2O2/c1-2-12-6-8-13(9-7-12)11-17-18-15-5-3-4-14(10-15)16(19)20/h3-10H,2,11H2,1H3,(H,19,20). The first-order valence-corrected chi connectivity index (χ1v) is 6.47. The molecule has 2 aromatic carbocycles. The average molecular weight is 268 g/mol. The van der Waals surface area contributed by atoms with E-state index in [1.807, 2.05) is 12.1 Å². The van der Waals surface area contributed by atoms with Gasteiger partial charge in [-0.15, -0.1) is 0 Å². The normalized spacial score (nSPS) is 10.8. The van der Waals surface area contributed by atoms with Crippen LogP contribution in [0.4, 0.5) is 5.69 Å². The number of rotatable bonds is 5. The second-order valence-electron chi connectivity index (χ2n) is 4.43. The second kappa shape index (κ2) is 6.61. The Kier molecular flexibility index (Phi) is 4.60. The molecule has 0 spiro atoms. The molecule has 0 unspecified atom stereocenters. The maximum absolute atomic E-state index is 10.8. The molecule has 0 saturated heterocycles. The molecule has 102 valence electrons. The topological polar surface area (TPSA) is 62.0 Å². The van der Waals surface area contributed by atoms with Gasteiger partial charge in [-0.25, -0.2) is 4.79 Å². The van der Waals surface area contributed by atoms with Crippen LogP contribution in [0.5, 0.6) is 0 Å². The van der Waals surface area contributed by atoms with E-state index in [-0.39, 0.29) is 5.56 Å². The molecule has 0 fully saturated rings. The molecule has 0 bridgehead atoms. The lowest BCUT2D eigenvalue weighted by molar-refractivity contribution is 0.0697. The van der Waals surface area contributed by atoms with E-state index in [9.17, 15) is 4.79 Å². The molecule has 0 saturated carbocycles. The Morgan fingerprint density at radius 1 is 1.10 bits per heavy atom. The highest BCUT2D eigenvalue weighted by atomic mass is 16.4. The highest BCUT2D eigenvalue weighted by Gasteiger charge is 2.02. The van der Waals surface area contributed by atoms with Crippen molar-refractivity contribution >= 4 is 11.7 Å². The van der Waals surface area contributed by atoms with Crippen molar-refractivity contribution in [2.75, 3.05) is 0 Å². The van der Waals surface area contributed by atoms with E-state index in [1.165, 1.54) is 17.7 Å². The lowest BCUT2D eigenvalue weighted by atomic mass is 10.1. The molecular weight excluding hydrogens is 252 g/mol. The minimum absolute atomic E-state index is 0.216. The fraction of sp³-hybridized carbons (Fsp3) is 0.188. The summed E-state index contributed by atoms with van der Waals surface area (Å²) >= 11 is 0. The minimum Gasteiger partial charge on any atom is -0.478 e. The van der Waals surface area contributed by atoms with Crippen molar-refractivity contribution in [3.05, 3.63) is 65.2 Å². The molecule has 0 aliphatic rings. The molecule has 2 rings (SSSR count). The van der Waals surface area contributed by atoms with Gasteiger partial charge in [0.2, 0.25) is 0 Å². The molecule has 2 aromatic rings. The van der Waals surface area contributed by atoms with Crippen molar-refractivity contribution in [3.8, 4) is 0 Å². The minimum atomic E-state index is -0.961. The summed E-state index contributed by atoms with van der Waals surface area (Å²) in [7, 11) is 0. The number of hydrogen-bond donors (Lipinski definition) is 1. The van der Waals surface area contributed by atoms with Gasteiger partial charge in [0.15, 0.2) is 0 Å². The van der Waals surface area contributed by atoms with Crippen molar-refractivity contribution in [1.82, 2.24) is 0 Å². The molecule has 0 radical (unpaired) electrons. The smallest absolute Gasteiger partial charge is 0.335 e. The van der Waals surface area contributed by atoms with Crippen LogP contribution in [0, 0.1) is 0 Å². The maximum atomic E-state index is 10.8. The van der Waals surface area contributed by atoms with Crippen LogP contribution in [0.15, 0.2) is 58.8 Å². The Balaban J connectivity index is 2.02. The van der Waals surface area contributed by atoms with E-state index in [4.69, 9.17) is 5.11 Å². The van der Waals surface area contributed by atoms with E-state index >= 15 is 0 Å². The predicted molar refractivity (Wildman–Crippen MR) is 77.4 cm³/mol. The Labute approximate surface area is 117 Å². The van der Waals surface area contributed by atoms with E-state index in [1.54, 1.807) is 12.1 Å². The Hall–Kier alpha value is -2.49. The molecule has 0 heterocycles. The third-order valence-electron chi connectivity index (χ3n) is 2.96. The van der Waals surface area contributed by atoms with E-state index in [0.717, 1.165) is 12.0 Å². The van der Waals surface area contributed by atoms with E-state index < -0.39 is 5.97 Å². The van der Waals surface area contributed by atoms with Crippen LogP contribution in [-0.2, 0) is 13.0 Å². The summed E-state index contributed by atoms with van der Waals surface area (Å²) in [4.78, 5) is 10.8. The first-order valence-electron chi connectivity index (χ1n) is 6.47. The molecular formula is C16H16N2O2. The van der Waals surface area contributed by atoms with Crippen molar-refractivity contribution in [2.45, 2.75) is 19.9 Å². The van der Waals surface area contributed by atoms with Gasteiger partial charge in [-0.3, -0.25) is 0 Å². The molecule has 0 amide bonds. The summed E-state index contributed by atoms with van der Waals surface area (Å²) in [5.74, 6) is -0.961. The maximum Gasteiger partial charge on any atom is 0.335 e. The molecule has 0 atom stereocenters. The van der Waals surface area contributed by atoms with Crippen LogP contribution in [0.2, 0.25) is 0 Å². The SMILES string of the molecule is CCc1ccc(CN=Nc2cccc(C(=O)O)c2)cc1. The Morgan fingerprint density at radius 3 is 2.45 bits per heavy atom. The third-order valence-corrected chi connectivity index (χ3v) is 2.96. The second-order valence-corrected chi connectivity index (χ2v) is 4.43. The lowest BCUT2D eigenvalue weighted by Gasteiger charge is -1.99. The number of carboxylic acid groups (broad SMARTS) is 1. The number of hydrogen-bond acceptors (Lipinski definition) is 3. The highest BCUT2D eigenvalue weighted by molar-refractivity contribution is 5.88. The van der Waals surface area contributed by atoms with Crippen molar-refractivity contribution < 1.29 is 9.90 Å². The van der Waals surface area contributed by atoms with Crippen LogP contribution >= 0.6 is 0 Å². The number of aromatic carboxylic acids is 1. The van der Waals surface area contributed by atoms with Crippen LogP contribution in [0.25, 0.3) is 0 Å². The fourth-order valence-corrected chi connectivity index (χ4v) is 1.78. The molecule has 1 N–H and O–H groups in total. The quantitative estimate of drug-likeness (QED) is 0.825. The number of benzene rings is 2. The summed E-state index contributed by atoms with van der Waals surface area (Å²) in [6.45, 7) is 2.60. The largest absolute Gasteiger partial charge is 0.478 e. The molecule has 0 aliphatic carbocycles. The summed E-state index contributed by atoms with van der Waals surface area (Å²) < 4.78 is 0. The lowest BCUT2D eigenvalue weighted by Crippen LogP contribution is -1.94. The zero-order valence-corrected chi connectivity index (χ0v) is 11.3. The Morgan fingerprint density at radius 2 is 1.80 bits per heavy atom. The monoisotopic (exact) mass is 268 g/mol. The van der Waals surface area contributed by atoms with Crippen molar-refractivity contribution in [1.29, 1.82) is 0 Å². The van der Waals surface area contributed by atoms with Gasteiger partial charge in [0.1, 0.15) is 0 Å². The third kappa shape index (κ3) is 3.75. The van der Waals surface area contributed by atoms with E-state index in [0.29, 0.717) is 12.2 Å². The van der Waals surface area contributed by atoms with Gasteiger partial charge in [-0.05, 0) is 35.7 Å². The van der Waals surface area contributed by atoms with Gasteiger partial charge in [0.25, 0.3) is 0 Å². The van der Waals surface area contributed by atoms with Crippen LogP contribution < -0.4 is 0 Å². The van der Waals surface area contributed by atoms with E-state index in [2.05, 4.69) is 29.3 Å². The summed E-state index contributed by atoms with van der Waals surface area (Å²) in [5.41, 5.74) is 3.14. The van der Waals surface area contributed by atoms with Crippen LogP contribution in [0.3, 0.4) is 0 Å². The fourth-order valence-electron chi connectivity index (χ4n) is 1.78. The summed E-state index contributed by atoms with van der Waals surface area (Å²) in [6.07, 6.45) is 1.02. The average Bonchev–Trinajstić information content (AvgIpc) is 2.48. The summed E-state index contributed by atoms with van der Waals surface area (Å²) in [6, 6.07) is 14.7. The molecule has 20 heavy (non-hydrogen) atoms. The number of nitrogens with zero attached hydrogens (tertiary/aromatic N) is 2. The van der Waals surface area contributed by atoms with Gasteiger partial charge in [0, 0.05) is 0 Å². The number of carbonyl (C=O) groups is 1. The molecule has 0 aromatic heterocycles. The highest BCUT2D eigenvalue weighted by Crippen LogP contribution is 2.15. The van der Waals surface area contributed by atoms with Gasteiger partial charge in [0.05, 0.1) is 17.8 Å². The number of aryl methyl sites for hydroxylation is 1. The first-order chi connectivity index (χ1) is 9.69. The molecule has 4 heteroatoms. The van der Waals surface area contributed by atoms with Gasteiger partial charge < -0.3 is 5.11 Å². The van der Waals surface area contributed by atoms with Crippen molar-refractivity contribution in [3.63, 3.8) is 0 Å². The zero-order chi connectivity index (χ0) is 14.4. The van der Waals surface area contributed by atoms with Gasteiger partial charge in [-0.2, -0.15) is 10.2 Å². The summed E-state index contributed by atoms with van der Waals surface area (Å²) in [5, 5.41) is 17.0. The first kappa shape index (κ1) is 13.9. The molecule has 4 nitrogen and oxygen atoms in total. The number of carboxylic acids is 1. The molecule has 0 aliphatic heterocycles. The number of azo groups is 1. The Bertz CT molecular complexity index is 619. The zero-order valence-electron chi connectivity index (χ0n) is 11.3.